The van der Waals surface area contributed by atoms with Gasteiger partial charge in [0.2, 0.25) is 0 Å². The highest BCUT2D eigenvalue weighted by molar-refractivity contribution is 5.98. The van der Waals surface area contributed by atoms with E-state index in [1.807, 2.05) is 26.0 Å². The SMILES string of the molecule is CC(C)[C@H](CNC(=O)c1ccc(F)cc1[N+](=O)[O-])c1cccnc1. The molecule has 24 heavy (non-hydrogen) atoms. The molecule has 1 heterocycles. The molecule has 126 valence electrons. The standard InChI is InChI=1S/C17H18FN3O3/c1-11(2)15(12-4-3-7-19-9-12)10-20-17(22)14-6-5-13(18)8-16(14)21(23)24/h3-9,11,15H,10H2,1-2H3,(H,20,22)/t15-/m0/s1. The van der Waals surface area contributed by atoms with Crippen LogP contribution in [0.3, 0.4) is 0 Å². The second-order valence-corrected chi connectivity index (χ2v) is 5.77. The zero-order valence-corrected chi connectivity index (χ0v) is 13.4. The second-order valence-electron chi connectivity index (χ2n) is 5.77. The maximum absolute atomic E-state index is 13.2. The molecular formula is C17H18FN3O3. The van der Waals surface area contributed by atoms with Crippen molar-refractivity contribution >= 4 is 11.6 Å². The number of hydrogen-bond acceptors (Lipinski definition) is 4. The van der Waals surface area contributed by atoms with E-state index in [2.05, 4.69) is 10.3 Å². The van der Waals surface area contributed by atoms with Crippen LogP contribution in [0.15, 0.2) is 42.7 Å². The van der Waals surface area contributed by atoms with Crippen LogP contribution in [0.4, 0.5) is 10.1 Å². The number of halogens is 1. The molecule has 0 unspecified atom stereocenters. The van der Waals surface area contributed by atoms with Gasteiger partial charge in [-0.05, 0) is 29.7 Å². The predicted molar refractivity (Wildman–Crippen MR) is 87.2 cm³/mol. The summed E-state index contributed by atoms with van der Waals surface area (Å²) < 4.78 is 13.2. The minimum Gasteiger partial charge on any atom is -0.351 e. The maximum atomic E-state index is 13.2. The molecule has 1 amide bonds. The monoisotopic (exact) mass is 331 g/mol. The third kappa shape index (κ3) is 4.13. The van der Waals surface area contributed by atoms with Crippen molar-refractivity contribution in [2.24, 2.45) is 5.92 Å². The minimum atomic E-state index is -0.765. The van der Waals surface area contributed by atoms with Crippen LogP contribution >= 0.6 is 0 Å². The summed E-state index contributed by atoms with van der Waals surface area (Å²) >= 11 is 0. The summed E-state index contributed by atoms with van der Waals surface area (Å²) in [7, 11) is 0. The largest absolute Gasteiger partial charge is 0.351 e. The molecule has 0 saturated carbocycles. The number of pyridine rings is 1. The predicted octanol–water partition coefficient (Wildman–Crippen LogP) is 3.30. The normalized spacial score (nSPS) is 12.0. The number of nitrogens with zero attached hydrogens (tertiary/aromatic N) is 2. The van der Waals surface area contributed by atoms with E-state index in [0.717, 1.165) is 23.8 Å². The average molecular weight is 331 g/mol. The lowest BCUT2D eigenvalue weighted by atomic mass is 9.89. The molecule has 1 aromatic heterocycles. The first-order valence-electron chi connectivity index (χ1n) is 7.52. The summed E-state index contributed by atoms with van der Waals surface area (Å²) in [4.78, 5) is 26.6. The van der Waals surface area contributed by atoms with Gasteiger partial charge in [-0.3, -0.25) is 19.9 Å². The van der Waals surface area contributed by atoms with Gasteiger partial charge in [0.1, 0.15) is 11.4 Å². The van der Waals surface area contributed by atoms with E-state index in [4.69, 9.17) is 0 Å². The highest BCUT2D eigenvalue weighted by Crippen LogP contribution is 2.24. The van der Waals surface area contributed by atoms with Gasteiger partial charge in [-0.1, -0.05) is 19.9 Å². The molecule has 0 bridgehead atoms. The molecule has 0 saturated heterocycles. The number of amides is 1. The number of carbonyl (C=O) groups is 1. The van der Waals surface area contributed by atoms with Gasteiger partial charge in [-0.2, -0.15) is 0 Å². The first-order valence-corrected chi connectivity index (χ1v) is 7.52. The van der Waals surface area contributed by atoms with Gasteiger partial charge >= 0.3 is 0 Å². The summed E-state index contributed by atoms with van der Waals surface area (Å²) in [5.41, 5.74) is 0.270. The van der Waals surface area contributed by atoms with Gasteiger partial charge in [-0.15, -0.1) is 0 Å². The van der Waals surface area contributed by atoms with Crippen LogP contribution in [-0.4, -0.2) is 22.4 Å². The van der Waals surface area contributed by atoms with E-state index < -0.39 is 22.3 Å². The Labute approximate surface area is 138 Å². The zero-order valence-electron chi connectivity index (χ0n) is 13.4. The number of carbonyl (C=O) groups excluding carboxylic acids is 1. The quantitative estimate of drug-likeness (QED) is 0.650. The molecule has 7 heteroatoms. The molecule has 1 aromatic carbocycles. The van der Waals surface area contributed by atoms with Crippen LogP contribution in [0.25, 0.3) is 0 Å². The average Bonchev–Trinajstić information content (AvgIpc) is 2.55. The van der Waals surface area contributed by atoms with Crippen molar-refractivity contribution < 1.29 is 14.1 Å². The summed E-state index contributed by atoms with van der Waals surface area (Å²) in [6.45, 7) is 4.34. The van der Waals surface area contributed by atoms with Crippen LogP contribution in [-0.2, 0) is 0 Å². The number of nitro benzene ring substituents is 1. The van der Waals surface area contributed by atoms with Gasteiger partial charge in [0.15, 0.2) is 0 Å². The number of aromatic nitrogens is 1. The Bertz CT molecular complexity index is 735. The Morgan fingerprint density at radius 2 is 2.12 bits per heavy atom. The van der Waals surface area contributed by atoms with Crippen LogP contribution in [0.1, 0.15) is 35.7 Å². The summed E-state index contributed by atoms with van der Waals surface area (Å²) in [6, 6.07) is 6.64. The lowest BCUT2D eigenvalue weighted by Crippen LogP contribution is -2.30. The molecule has 0 radical (unpaired) electrons. The van der Waals surface area contributed by atoms with Gasteiger partial charge in [-0.25, -0.2) is 4.39 Å². The Morgan fingerprint density at radius 1 is 1.38 bits per heavy atom. The lowest BCUT2D eigenvalue weighted by molar-refractivity contribution is -0.385. The topological polar surface area (TPSA) is 85.1 Å². The van der Waals surface area contributed by atoms with Crippen LogP contribution in [0, 0.1) is 21.8 Å². The Hall–Kier alpha value is -2.83. The van der Waals surface area contributed by atoms with Gasteiger partial charge in [0.25, 0.3) is 11.6 Å². The van der Waals surface area contributed by atoms with Crippen molar-refractivity contribution in [2.75, 3.05) is 6.54 Å². The van der Waals surface area contributed by atoms with Gasteiger partial charge in [0.05, 0.1) is 11.0 Å². The van der Waals surface area contributed by atoms with E-state index in [1.54, 1.807) is 12.4 Å². The molecule has 0 aliphatic carbocycles. The van der Waals surface area contributed by atoms with Gasteiger partial charge in [0, 0.05) is 24.9 Å². The van der Waals surface area contributed by atoms with Crippen LogP contribution in [0.5, 0.6) is 0 Å². The minimum absolute atomic E-state index is 0.0159. The lowest BCUT2D eigenvalue weighted by Gasteiger charge is -2.21. The molecular weight excluding hydrogens is 313 g/mol. The van der Waals surface area contributed by atoms with E-state index >= 15 is 0 Å². The number of rotatable bonds is 6. The van der Waals surface area contributed by atoms with Crippen molar-refractivity contribution in [1.82, 2.24) is 10.3 Å². The van der Waals surface area contributed by atoms with Crippen LogP contribution in [0.2, 0.25) is 0 Å². The molecule has 0 aliphatic heterocycles. The van der Waals surface area contributed by atoms with Crippen molar-refractivity contribution in [3.63, 3.8) is 0 Å². The molecule has 0 fully saturated rings. The Balaban J connectivity index is 2.16. The van der Waals surface area contributed by atoms with Crippen LogP contribution < -0.4 is 5.32 Å². The number of hydrogen-bond donors (Lipinski definition) is 1. The molecule has 0 aliphatic rings. The second kappa shape index (κ2) is 7.63. The molecule has 1 N–H and O–H groups in total. The number of nitrogens with one attached hydrogen (secondary N) is 1. The summed E-state index contributed by atoms with van der Waals surface area (Å²) in [5.74, 6) is -1.11. The summed E-state index contributed by atoms with van der Waals surface area (Å²) in [5, 5.41) is 13.7. The highest BCUT2D eigenvalue weighted by atomic mass is 19.1. The fourth-order valence-electron chi connectivity index (χ4n) is 2.48. The fraction of sp³-hybridized carbons (Fsp3) is 0.294. The smallest absolute Gasteiger partial charge is 0.285 e. The van der Waals surface area contributed by atoms with E-state index in [9.17, 15) is 19.3 Å². The molecule has 0 spiro atoms. The number of benzene rings is 1. The van der Waals surface area contributed by atoms with Gasteiger partial charge < -0.3 is 5.32 Å². The van der Waals surface area contributed by atoms with E-state index in [0.29, 0.717) is 6.54 Å². The van der Waals surface area contributed by atoms with E-state index in [-0.39, 0.29) is 17.4 Å². The molecule has 2 aromatic rings. The van der Waals surface area contributed by atoms with Crippen molar-refractivity contribution in [1.29, 1.82) is 0 Å². The number of nitro groups is 1. The van der Waals surface area contributed by atoms with Crippen molar-refractivity contribution in [2.45, 2.75) is 19.8 Å². The maximum Gasteiger partial charge on any atom is 0.285 e. The Morgan fingerprint density at radius 3 is 2.71 bits per heavy atom. The summed E-state index contributed by atoms with van der Waals surface area (Å²) in [6.07, 6.45) is 3.40. The zero-order chi connectivity index (χ0) is 17.7. The first kappa shape index (κ1) is 17.5. The first-order chi connectivity index (χ1) is 11.4. The highest BCUT2D eigenvalue weighted by Gasteiger charge is 2.23. The van der Waals surface area contributed by atoms with Crippen molar-refractivity contribution in [3.05, 3.63) is 69.8 Å². The fourth-order valence-corrected chi connectivity index (χ4v) is 2.48. The molecule has 2 rings (SSSR count). The molecule has 1 atom stereocenters. The third-order valence-corrected chi connectivity index (χ3v) is 3.80. The van der Waals surface area contributed by atoms with E-state index in [1.165, 1.54) is 0 Å². The third-order valence-electron chi connectivity index (χ3n) is 3.80. The Kier molecular flexibility index (Phi) is 5.57. The van der Waals surface area contributed by atoms with Crippen molar-refractivity contribution in [3.8, 4) is 0 Å². The molecule has 6 nitrogen and oxygen atoms in total.